The standard InChI is InChI=1S/C14H21N3O3/c1-9-8-15-12-11(9)13(19)17(14(20)16(12)3)7-5-4-6-10(2)18/h8,10,15,18H,4-7H2,1-3H3/i1D3,2D3,3D3,6D2. The summed E-state index contributed by atoms with van der Waals surface area (Å²) < 4.78 is 83.0. The Labute approximate surface area is 132 Å². The number of aromatic nitrogens is 3. The second kappa shape index (κ2) is 5.66. The number of fused-ring (bicyclic) bond motifs is 1. The third kappa shape index (κ3) is 2.56. The van der Waals surface area contributed by atoms with Crippen molar-refractivity contribution in [3.63, 3.8) is 0 Å². The summed E-state index contributed by atoms with van der Waals surface area (Å²) in [6.07, 6.45) is -4.85. The topological polar surface area (TPSA) is 80.0 Å². The second-order valence-electron chi connectivity index (χ2n) is 4.21. The molecule has 0 aliphatic carbocycles. The first-order chi connectivity index (χ1) is 13.8. The van der Waals surface area contributed by atoms with Crippen LogP contribution in [0, 0.1) is 6.85 Å². The highest BCUT2D eigenvalue weighted by Gasteiger charge is 2.13. The zero-order valence-electron chi connectivity index (χ0n) is 21.4. The summed E-state index contributed by atoms with van der Waals surface area (Å²) in [5, 5.41) is 9.18. The van der Waals surface area contributed by atoms with Crippen LogP contribution in [0.4, 0.5) is 0 Å². The molecule has 110 valence electrons. The summed E-state index contributed by atoms with van der Waals surface area (Å²) in [5.41, 5.74) is -3.31. The van der Waals surface area contributed by atoms with Gasteiger partial charge in [0.05, 0.1) is 11.5 Å². The number of aliphatic hydroxyl groups excluding tert-OH is 1. The van der Waals surface area contributed by atoms with Gasteiger partial charge in [0.2, 0.25) is 0 Å². The molecular formula is C14H21N3O3. The van der Waals surface area contributed by atoms with Crippen LogP contribution in [-0.2, 0) is 13.5 Å². The predicted octanol–water partition coefficient (Wildman–Crippen LogP) is 0.888. The van der Waals surface area contributed by atoms with E-state index in [0.717, 1.165) is 6.20 Å². The number of nitrogens with zero attached hydrogens (tertiary/aromatic N) is 2. The number of nitrogens with one attached hydrogen (secondary N) is 1. The number of hydrogen-bond donors (Lipinski definition) is 2. The van der Waals surface area contributed by atoms with Gasteiger partial charge in [-0.15, -0.1) is 0 Å². The van der Waals surface area contributed by atoms with Gasteiger partial charge in [0.25, 0.3) is 5.56 Å². The minimum absolute atomic E-state index is 0.269. The van der Waals surface area contributed by atoms with Gasteiger partial charge < -0.3 is 10.1 Å². The molecule has 0 radical (unpaired) electrons. The zero-order valence-corrected chi connectivity index (χ0v) is 10.4. The van der Waals surface area contributed by atoms with Crippen LogP contribution in [0.3, 0.4) is 0 Å². The third-order valence-corrected chi connectivity index (χ3v) is 2.86. The summed E-state index contributed by atoms with van der Waals surface area (Å²) >= 11 is 0. The molecule has 0 spiro atoms. The first-order valence-corrected chi connectivity index (χ1v) is 5.86. The molecule has 0 saturated carbocycles. The highest BCUT2D eigenvalue weighted by Crippen LogP contribution is 2.10. The van der Waals surface area contributed by atoms with E-state index in [1.165, 1.54) is 0 Å². The van der Waals surface area contributed by atoms with E-state index >= 15 is 0 Å². The summed E-state index contributed by atoms with van der Waals surface area (Å²) in [6.45, 7) is -9.36. The van der Waals surface area contributed by atoms with Crippen molar-refractivity contribution in [2.24, 2.45) is 6.98 Å². The molecule has 2 aromatic rings. The minimum Gasteiger partial charge on any atom is -0.393 e. The van der Waals surface area contributed by atoms with Gasteiger partial charge in [0, 0.05) is 34.8 Å². The van der Waals surface area contributed by atoms with Crippen LogP contribution in [0.2, 0.25) is 0 Å². The number of aryl methyl sites for hydroxylation is 2. The Balaban J connectivity index is 2.56. The Bertz CT molecular complexity index is 1070. The van der Waals surface area contributed by atoms with E-state index in [-0.39, 0.29) is 11.0 Å². The summed E-state index contributed by atoms with van der Waals surface area (Å²) in [4.78, 5) is 28.0. The highest BCUT2D eigenvalue weighted by atomic mass is 16.3. The van der Waals surface area contributed by atoms with Crippen LogP contribution >= 0.6 is 0 Å². The van der Waals surface area contributed by atoms with Crippen LogP contribution in [0.25, 0.3) is 11.0 Å². The first kappa shape index (κ1) is 5.89. The molecule has 0 aliphatic rings. The molecule has 2 heterocycles. The maximum Gasteiger partial charge on any atom is 0.332 e. The number of rotatable bonds is 5. The van der Waals surface area contributed by atoms with Gasteiger partial charge in [0.1, 0.15) is 5.65 Å². The number of H-pyrrole nitrogens is 1. The minimum atomic E-state index is -3.06. The molecule has 0 aromatic carbocycles. The van der Waals surface area contributed by atoms with Crippen LogP contribution in [0.1, 0.15) is 46.7 Å². The van der Waals surface area contributed by atoms with Crippen molar-refractivity contribution >= 4 is 11.0 Å². The van der Waals surface area contributed by atoms with Crippen molar-refractivity contribution in [3.8, 4) is 0 Å². The molecule has 0 saturated heterocycles. The fourth-order valence-corrected chi connectivity index (χ4v) is 1.92. The van der Waals surface area contributed by atoms with Crippen molar-refractivity contribution in [3.05, 3.63) is 32.6 Å². The van der Waals surface area contributed by atoms with E-state index < -0.39 is 74.0 Å². The SMILES string of the molecule is [2H]C([2H])([2H])c1c[nH]c2c1c(=O)n(CCCC([2H])([2H])C(O)C([2H])([2H])[2H])c(=O)n2C([2H])([2H])[2H]. The van der Waals surface area contributed by atoms with Crippen molar-refractivity contribution < 1.29 is 20.2 Å². The van der Waals surface area contributed by atoms with Crippen LogP contribution in [0.5, 0.6) is 0 Å². The summed E-state index contributed by atoms with van der Waals surface area (Å²) in [7, 11) is 0. The van der Waals surface area contributed by atoms with Gasteiger partial charge >= 0.3 is 5.69 Å². The normalized spacial score (nSPS) is 23.8. The maximum absolute atomic E-state index is 12.9. The molecule has 1 unspecified atom stereocenters. The van der Waals surface area contributed by atoms with Crippen LogP contribution in [-0.4, -0.2) is 25.3 Å². The largest absolute Gasteiger partial charge is 0.393 e. The Morgan fingerprint density at radius 2 is 2.35 bits per heavy atom. The monoisotopic (exact) mass is 290 g/mol. The molecule has 2 aromatic heterocycles. The molecular weight excluding hydrogens is 258 g/mol. The number of hydrogen-bond acceptors (Lipinski definition) is 3. The molecule has 2 N–H and O–H groups in total. The predicted molar refractivity (Wildman–Crippen MR) is 78.1 cm³/mol. The number of aromatic amines is 1. The van der Waals surface area contributed by atoms with E-state index in [1.54, 1.807) is 0 Å². The lowest BCUT2D eigenvalue weighted by Crippen LogP contribution is -2.39. The van der Waals surface area contributed by atoms with E-state index in [0.29, 0.717) is 4.57 Å². The molecule has 2 rings (SSSR count). The van der Waals surface area contributed by atoms with Crippen molar-refractivity contribution in [2.75, 3.05) is 0 Å². The van der Waals surface area contributed by atoms with E-state index in [2.05, 4.69) is 4.98 Å². The number of aliphatic hydroxyl groups is 1. The third-order valence-electron chi connectivity index (χ3n) is 2.86. The van der Waals surface area contributed by atoms with Gasteiger partial charge in [-0.05, 0) is 38.5 Å². The van der Waals surface area contributed by atoms with Gasteiger partial charge in [-0.1, -0.05) is 0 Å². The lowest BCUT2D eigenvalue weighted by Gasteiger charge is -2.09. The maximum atomic E-state index is 12.9. The van der Waals surface area contributed by atoms with Crippen molar-refractivity contribution in [2.45, 2.75) is 45.6 Å². The lowest BCUT2D eigenvalue weighted by molar-refractivity contribution is 0.180. The Morgan fingerprint density at radius 3 is 3.05 bits per heavy atom. The average Bonchev–Trinajstić information content (AvgIpc) is 2.99. The Morgan fingerprint density at radius 1 is 1.50 bits per heavy atom. The fourth-order valence-electron chi connectivity index (χ4n) is 1.92. The van der Waals surface area contributed by atoms with E-state index in [9.17, 15) is 14.7 Å². The van der Waals surface area contributed by atoms with Gasteiger partial charge in [0.15, 0.2) is 0 Å². The quantitative estimate of drug-likeness (QED) is 0.858. The molecule has 6 nitrogen and oxygen atoms in total. The lowest BCUT2D eigenvalue weighted by atomic mass is 10.2. The molecule has 0 bridgehead atoms. The molecule has 0 amide bonds. The van der Waals surface area contributed by atoms with Crippen molar-refractivity contribution in [1.82, 2.24) is 14.1 Å². The van der Waals surface area contributed by atoms with Gasteiger partial charge in [-0.25, -0.2) is 4.79 Å². The first-order valence-electron chi connectivity index (χ1n) is 11.4. The molecule has 6 heteroatoms. The fraction of sp³-hybridized carbons (Fsp3) is 0.571. The summed E-state index contributed by atoms with van der Waals surface area (Å²) in [5.74, 6) is 0. The van der Waals surface area contributed by atoms with Gasteiger partial charge in [-0.3, -0.25) is 13.9 Å². The molecule has 1 atom stereocenters. The zero-order chi connectivity index (χ0) is 24.2. The molecule has 20 heavy (non-hydrogen) atoms. The molecule has 0 aliphatic heterocycles. The summed E-state index contributed by atoms with van der Waals surface area (Å²) in [6, 6.07) is 0. The second-order valence-corrected chi connectivity index (χ2v) is 4.21. The van der Waals surface area contributed by atoms with Crippen LogP contribution in [0.15, 0.2) is 15.8 Å². The Kier molecular flexibility index (Phi) is 1.67. The Hall–Kier alpha value is -1.82. The smallest absolute Gasteiger partial charge is 0.332 e. The van der Waals surface area contributed by atoms with Crippen LogP contribution < -0.4 is 11.2 Å². The van der Waals surface area contributed by atoms with E-state index in [4.69, 9.17) is 15.1 Å². The average molecular weight is 290 g/mol. The molecule has 0 fully saturated rings. The van der Waals surface area contributed by atoms with E-state index in [1.807, 2.05) is 0 Å². The van der Waals surface area contributed by atoms with Gasteiger partial charge in [-0.2, -0.15) is 0 Å². The highest BCUT2D eigenvalue weighted by molar-refractivity contribution is 5.78. The van der Waals surface area contributed by atoms with Crippen molar-refractivity contribution in [1.29, 1.82) is 0 Å².